The van der Waals surface area contributed by atoms with Gasteiger partial charge in [-0.15, -0.1) is 0 Å². The van der Waals surface area contributed by atoms with Gasteiger partial charge in [-0.1, -0.05) is 6.92 Å². The number of rotatable bonds is 5. The lowest BCUT2D eigenvalue weighted by molar-refractivity contribution is 0.183. The van der Waals surface area contributed by atoms with E-state index < -0.39 is 0 Å². The molecule has 1 saturated heterocycles. The molecule has 1 N–H and O–H groups in total. The summed E-state index contributed by atoms with van der Waals surface area (Å²) in [6.07, 6.45) is 2.44. The Hall–Kier alpha value is 0.270. The molecule has 0 radical (unpaired) electrons. The topological polar surface area (TPSA) is 21.3 Å². The largest absolute Gasteiger partial charge is 0.385 e. The minimum absolute atomic E-state index is 0.593. The van der Waals surface area contributed by atoms with Gasteiger partial charge in [0.1, 0.15) is 0 Å². The summed E-state index contributed by atoms with van der Waals surface area (Å²) < 4.78 is 5.05. The fourth-order valence-corrected chi connectivity index (χ4v) is 2.88. The highest BCUT2D eigenvalue weighted by atomic mass is 32.2. The second-order valence-electron chi connectivity index (χ2n) is 3.93. The Balaban J connectivity index is 2.09. The summed E-state index contributed by atoms with van der Waals surface area (Å²) in [7, 11) is 1.76. The molecule has 0 saturated carbocycles. The van der Waals surface area contributed by atoms with Crippen molar-refractivity contribution in [3.05, 3.63) is 0 Å². The highest BCUT2D eigenvalue weighted by Crippen LogP contribution is 2.26. The van der Waals surface area contributed by atoms with E-state index in [0.717, 1.165) is 24.3 Å². The van der Waals surface area contributed by atoms with Crippen molar-refractivity contribution < 1.29 is 4.74 Å². The summed E-state index contributed by atoms with van der Waals surface area (Å²) in [5.41, 5.74) is 0. The Morgan fingerprint density at radius 3 is 2.92 bits per heavy atom. The Kier molecular flexibility index (Phi) is 5.14. The van der Waals surface area contributed by atoms with Gasteiger partial charge in [-0.25, -0.2) is 0 Å². The Morgan fingerprint density at radius 2 is 2.38 bits per heavy atom. The Morgan fingerprint density at radius 1 is 1.62 bits per heavy atom. The zero-order valence-electron chi connectivity index (χ0n) is 8.88. The first kappa shape index (κ1) is 11.3. The van der Waals surface area contributed by atoms with E-state index in [1.807, 2.05) is 0 Å². The summed E-state index contributed by atoms with van der Waals surface area (Å²) in [6, 6.07) is 1.32. The SMILES string of the molecule is COCCC(C)NC1CSC(C)C1. The molecular formula is C10H21NOS. The molecule has 2 nitrogen and oxygen atoms in total. The molecule has 78 valence electrons. The zero-order valence-corrected chi connectivity index (χ0v) is 9.69. The molecule has 1 rings (SSSR count). The molecule has 3 unspecified atom stereocenters. The highest BCUT2D eigenvalue weighted by Gasteiger charge is 2.22. The second-order valence-corrected chi connectivity index (χ2v) is 5.40. The van der Waals surface area contributed by atoms with Crippen molar-refractivity contribution in [3.8, 4) is 0 Å². The van der Waals surface area contributed by atoms with Crippen LogP contribution in [0, 0.1) is 0 Å². The average Bonchev–Trinajstić information content (AvgIpc) is 2.48. The number of ether oxygens (including phenoxy) is 1. The van der Waals surface area contributed by atoms with E-state index in [2.05, 4.69) is 30.9 Å². The van der Waals surface area contributed by atoms with Crippen molar-refractivity contribution in [1.29, 1.82) is 0 Å². The number of nitrogens with one attached hydrogen (secondary N) is 1. The van der Waals surface area contributed by atoms with Gasteiger partial charge in [-0.3, -0.25) is 0 Å². The van der Waals surface area contributed by atoms with Gasteiger partial charge >= 0.3 is 0 Å². The van der Waals surface area contributed by atoms with E-state index >= 15 is 0 Å². The van der Waals surface area contributed by atoms with Crippen LogP contribution in [0.15, 0.2) is 0 Å². The predicted molar refractivity (Wildman–Crippen MR) is 59.4 cm³/mol. The maximum Gasteiger partial charge on any atom is 0.0476 e. The molecular weight excluding hydrogens is 182 g/mol. The predicted octanol–water partition coefficient (Wildman–Crippen LogP) is 1.89. The lowest BCUT2D eigenvalue weighted by Crippen LogP contribution is -2.37. The van der Waals surface area contributed by atoms with Crippen molar-refractivity contribution in [2.75, 3.05) is 19.5 Å². The number of methoxy groups -OCH3 is 1. The first-order chi connectivity index (χ1) is 6.22. The van der Waals surface area contributed by atoms with Crippen LogP contribution in [0.3, 0.4) is 0 Å². The first-order valence-electron chi connectivity index (χ1n) is 5.09. The van der Waals surface area contributed by atoms with Crippen LogP contribution in [-0.2, 0) is 4.74 Å². The summed E-state index contributed by atoms with van der Waals surface area (Å²) in [4.78, 5) is 0. The molecule has 0 spiro atoms. The molecule has 1 fully saturated rings. The van der Waals surface area contributed by atoms with Crippen molar-refractivity contribution in [2.45, 2.75) is 44.0 Å². The first-order valence-corrected chi connectivity index (χ1v) is 6.14. The van der Waals surface area contributed by atoms with Crippen LogP contribution in [-0.4, -0.2) is 36.8 Å². The molecule has 0 amide bonds. The van der Waals surface area contributed by atoms with Crippen molar-refractivity contribution in [2.24, 2.45) is 0 Å². The molecule has 1 heterocycles. The molecule has 0 bridgehead atoms. The van der Waals surface area contributed by atoms with Crippen LogP contribution in [0.25, 0.3) is 0 Å². The lowest BCUT2D eigenvalue weighted by Gasteiger charge is -2.18. The minimum atomic E-state index is 0.593. The fraction of sp³-hybridized carbons (Fsp3) is 1.00. The second kappa shape index (κ2) is 5.89. The standard InChI is InChI=1S/C10H21NOS/c1-8(4-5-12-3)11-10-6-9(2)13-7-10/h8-11H,4-7H2,1-3H3. The lowest BCUT2D eigenvalue weighted by atomic mass is 10.1. The zero-order chi connectivity index (χ0) is 9.68. The third-order valence-electron chi connectivity index (χ3n) is 2.47. The maximum atomic E-state index is 5.05. The van der Waals surface area contributed by atoms with Crippen LogP contribution in [0.1, 0.15) is 26.7 Å². The molecule has 0 aromatic heterocycles. The molecule has 3 heteroatoms. The molecule has 1 aliphatic heterocycles. The van der Waals surface area contributed by atoms with Gasteiger partial charge in [0.05, 0.1) is 0 Å². The summed E-state index contributed by atoms with van der Waals surface area (Å²) in [5, 5.41) is 4.48. The minimum Gasteiger partial charge on any atom is -0.385 e. The molecule has 0 aromatic rings. The van der Waals surface area contributed by atoms with Gasteiger partial charge in [0.25, 0.3) is 0 Å². The van der Waals surface area contributed by atoms with Gasteiger partial charge in [-0.2, -0.15) is 11.8 Å². The van der Waals surface area contributed by atoms with E-state index in [1.165, 1.54) is 12.2 Å². The summed E-state index contributed by atoms with van der Waals surface area (Å²) in [6.45, 7) is 5.42. The van der Waals surface area contributed by atoms with E-state index in [-0.39, 0.29) is 0 Å². The summed E-state index contributed by atoms with van der Waals surface area (Å²) >= 11 is 2.08. The van der Waals surface area contributed by atoms with Crippen LogP contribution in [0.2, 0.25) is 0 Å². The number of thioether (sulfide) groups is 1. The van der Waals surface area contributed by atoms with Crippen LogP contribution in [0.5, 0.6) is 0 Å². The van der Waals surface area contributed by atoms with E-state index in [0.29, 0.717) is 6.04 Å². The van der Waals surface area contributed by atoms with Gasteiger partial charge in [-0.05, 0) is 19.8 Å². The molecule has 3 atom stereocenters. The monoisotopic (exact) mass is 203 g/mol. The van der Waals surface area contributed by atoms with E-state index in [1.54, 1.807) is 7.11 Å². The smallest absolute Gasteiger partial charge is 0.0476 e. The van der Waals surface area contributed by atoms with Crippen molar-refractivity contribution in [1.82, 2.24) is 5.32 Å². The van der Waals surface area contributed by atoms with Gasteiger partial charge < -0.3 is 10.1 Å². The fourth-order valence-electron chi connectivity index (χ4n) is 1.71. The van der Waals surface area contributed by atoms with E-state index in [9.17, 15) is 0 Å². The number of hydrogen-bond acceptors (Lipinski definition) is 3. The molecule has 13 heavy (non-hydrogen) atoms. The highest BCUT2D eigenvalue weighted by molar-refractivity contribution is 8.00. The normalized spacial score (nSPS) is 30.7. The van der Waals surface area contributed by atoms with Crippen molar-refractivity contribution in [3.63, 3.8) is 0 Å². The quantitative estimate of drug-likeness (QED) is 0.737. The van der Waals surface area contributed by atoms with Crippen LogP contribution >= 0.6 is 11.8 Å². The van der Waals surface area contributed by atoms with Gasteiger partial charge in [0.15, 0.2) is 0 Å². The average molecular weight is 203 g/mol. The Bertz CT molecular complexity index is 143. The number of hydrogen-bond donors (Lipinski definition) is 1. The van der Waals surface area contributed by atoms with E-state index in [4.69, 9.17) is 4.74 Å². The third-order valence-corrected chi connectivity index (χ3v) is 3.83. The summed E-state index contributed by atoms with van der Waals surface area (Å²) in [5.74, 6) is 1.28. The Labute approximate surface area is 85.8 Å². The van der Waals surface area contributed by atoms with Gasteiger partial charge in [0, 0.05) is 36.8 Å². The third kappa shape index (κ3) is 4.34. The van der Waals surface area contributed by atoms with Crippen LogP contribution < -0.4 is 5.32 Å². The maximum absolute atomic E-state index is 5.05. The molecule has 1 aliphatic rings. The molecule has 0 aliphatic carbocycles. The molecule has 0 aromatic carbocycles. The van der Waals surface area contributed by atoms with Crippen molar-refractivity contribution >= 4 is 11.8 Å². The van der Waals surface area contributed by atoms with Gasteiger partial charge in [0.2, 0.25) is 0 Å². The van der Waals surface area contributed by atoms with Crippen LogP contribution in [0.4, 0.5) is 0 Å².